The number of hydrogen-bond acceptors (Lipinski definition) is 1. The van der Waals surface area contributed by atoms with Crippen molar-refractivity contribution in [2.75, 3.05) is 0 Å². The van der Waals surface area contributed by atoms with Gasteiger partial charge in [-0.3, -0.25) is 0 Å². The second-order valence-electron chi connectivity index (χ2n) is 2.10. The van der Waals surface area contributed by atoms with E-state index in [-0.39, 0.29) is 17.0 Å². The Morgan fingerprint density at radius 3 is 2.25 bits per heavy atom. The molecule has 0 aromatic carbocycles. The van der Waals surface area contributed by atoms with E-state index in [9.17, 15) is 22.8 Å². The van der Waals surface area contributed by atoms with Gasteiger partial charge >= 0.3 is 6.18 Å². The Bertz CT molecular complexity index is 276. The van der Waals surface area contributed by atoms with Crippen molar-refractivity contribution in [1.82, 2.24) is 0 Å². The first-order chi connectivity index (χ1) is 5.39. The highest BCUT2D eigenvalue weighted by molar-refractivity contribution is 5.10. The summed E-state index contributed by atoms with van der Waals surface area (Å²) < 4.78 is 47.5. The third kappa shape index (κ3) is 1.84. The minimum atomic E-state index is -4.69. The predicted octanol–water partition coefficient (Wildman–Crippen LogP) is 1.48. The molecule has 0 saturated carbocycles. The van der Waals surface area contributed by atoms with Crippen molar-refractivity contribution >= 4 is 0 Å². The molecule has 1 aromatic heterocycles. The number of nitrogens with zero attached hydrogens (tertiary/aromatic N) is 1. The molecule has 6 heteroatoms. The molecule has 0 spiro atoms. The summed E-state index contributed by atoms with van der Waals surface area (Å²) in [7, 11) is 0. The quantitative estimate of drug-likeness (QED) is 0.338. The van der Waals surface area contributed by atoms with Crippen molar-refractivity contribution in [1.29, 1.82) is 0 Å². The standard InChI is InChI=1S/C6H3F4NO/c7-5-1-4(6(8,9)10)2-11(12)3-5/h1-3H. The minimum absolute atomic E-state index is 0.224. The van der Waals surface area contributed by atoms with Crippen LogP contribution in [0.3, 0.4) is 0 Å². The molecule has 0 saturated heterocycles. The molecule has 1 heterocycles. The lowest BCUT2D eigenvalue weighted by Gasteiger charge is -2.05. The van der Waals surface area contributed by atoms with Crippen LogP contribution in [-0.2, 0) is 6.18 Å². The summed E-state index contributed by atoms with van der Waals surface area (Å²) in [6.07, 6.45) is -4.01. The summed E-state index contributed by atoms with van der Waals surface area (Å²) in [6.45, 7) is 0. The van der Waals surface area contributed by atoms with Crippen LogP contribution in [-0.4, -0.2) is 0 Å². The molecule has 0 radical (unpaired) electrons. The van der Waals surface area contributed by atoms with Crippen molar-refractivity contribution in [2.45, 2.75) is 6.18 Å². The van der Waals surface area contributed by atoms with Crippen LogP contribution in [0.1, 0.15) is 5.56 Å². The lowest BCUT2D eigenvalue weighted by atomic mass is 10.3. The summed E-state index contributed by atoms with van der Waals surface area (Å²) >= 11 is 0. The Hall–Kier alpha value is -1.33. The summed E-state index contributed by atoms with van der Waals surface area (Å²) in [6, 6.07) is 0.258. The fraction of sp³-hybridized carbons (Fsp3) is 0.167. The van der Waals surface area contributed by atoms with Gasteiger partial charge in [-0.05, 0) is 6.07 Å². The van der Waals surface area contributed by atoms with Gasteiger partial charge in [0.2, 0.25) is 6.20 Å². The molecule has 0 aliphatic heterocycles. The molecule has 1 rings (SSSR count). The number of rotatable bonds is 0. The van der Waals surface area contributed by atoms with Crippen molar-refractivity contribution in [2.24, 2.45) is 0 Å². The minimum Gasteiger partial charge on any atom is -0.619 e. The first kappa shape index (κ1) is 8.76. The molecule has 2 nitrogen and oxygen atoms in total. The second-order valence-corrected chi connectivity index (χ2v) is 2.10. The zero-order valence-electron chi connectivity index (χ0n) is 5.60. The summed E-state index contributed by atoms with van der Waals surface area (Å²) in [5.74, 6) is -1.21. The van der Waals surface area contributed by atoms with Gasteiger partial charge in [0, 0.05) is 0 Å². The maximum atomic E-state index is 12.2. The Morgan fingerprint density at radius 1 is 1.25 bits per heavy atom. The largest absolute Gasteiger partial charge is 0.619 e. The molecule has 66 valence electrons. The third-order valence-corrected chi connectivity index (χ3v) is 1.14. The van der Waals surface area contributed by atoms with E-state index in [0.717, 1.165) is 0 Å². The van der Waals surface area contributed by atoms with Crippen molar-refractivity contribution < 1.29 is 22.3 Å². The number of alkyl halides is 3. The van der Waals surface area contributed by atoms with Crippen molar-refractivity contribution in [3.63, 3.8) is 0 Å². The average Bonchev–Trinajstić information content (AvgIpc) is 1.82. The van der Waals surface area contributed by atoms with Crippen LogP contribution in [0.2, 0.25) is 0 Å². The molecule has 0 aliphatic rings. The van der Waals surface area contributed by atoms with E-state index in [1.807, 2.05) is 0 Å². The van der Waals surface area contributed by atoms with E-state index in [0.29, 0.717) is 6.20 Å². The summed E-state index contributed by atoms with van der Waals surface area (Å²) in [5, 5.41) is 10.3. The maximum absolute atomic E-state index is 12.2. The van der Waals surface area contributed by atoms with Gasteiger partial charge in [-0.2, -0.15) is 17.9 Å². The van der Waals surface area contributed by atoms with Gasteiger partial charge in [-0.25, -0.2) is 4.39 Å². The number of halogens is 4. The van der Waals surface area contributed by atoms with E-state index in [1.54, 1.807) is 0 Å². The Kier molecular flexibility index (Phi) is 1.91. The van der Waals surface area contributed by atoms with Gasteiger partial charge in [-0.15, -0.1) is 0 Å². The highest BCUT2D eigenvalue weighted by atomic mass is 19.4. The van der Waals surface area contributed by atoms with E-state index in [2.05, 4.69) is 0 Å². The van der Waals surface area contributed by atoms with Crippen LogP contribution in [0, 0.1) is 11.0 Å². The lowest BCUT2D eigenvalue weighted by molar-refractivity contribution is -0.608. The van der Waals surface area contributed by atoms with Crippen LogP contribution < -0.4 is 4.73 Å². The number of hydrogen-bond donors (Lipinski definition) is 0. The van der Waals surface area contributed by atoms with E-state index >= 15 is 0 Å². The summed E-state index contributed by atoms with van der Waals surface area (Å²) in [5.41, 5.74) is -1.29. The van der Waals surface area contributed by atoms with Gasteiger partial charge in [0.25, 0.3) is 0 Å². The fourth-order valence-electron chi connectivity index (χ4n) is 0.674. The zero-order valence-corrected chi connectivity index (χ0v) is 5.60. The molecule has 0 N–H and O–H groups in total. The Labute approximate surface area is 64.6 Å². The van der Waals surface area contributed by atoms with Crippen molar-refractivity contribution in [3.05, 3.63) is 35.0 Å². The monoisotopic (exact) mass is 181 g/mol. The number of pyridine rings is 1. The molecular weight excluding hydrogens is 178 g/mol. The van der Waals surface area contributed by atoms with Crippen LogP contribution in [0.4, 0.5) is 17.6 Å². The van der Waals surface area contributed by atoms with Gasteiger partial charge in [0.15, 0.2) is 12.0 Å². The first-order valence-corrected chi connectivity index (χ1v) is 2.86. The van der Waals surface area contributed by atoms with Crippen LogP contribution in [0.25, 0.3) is 0 Å². The Morgan fingerprint density at radius 2 is 1.83 bits per heavy atom. The fourth-order valence-corrected chi connectivity index (χ4v) is 0.674. The third-order valence-electron chi connectivity index (χ3n) is 1.14. The van der Waals surface area contributed by atoms with Crippen LogP contribution in [0.5, 0.6) is 0 Å². The molecule has 12 heavy (non-hydrogen) atoms. The summed E-state index contributed by atoms with van der Waals surface area (Å²) in [4.78, 5) is 0. The number of aromatic nitrogens is 1. The smallest absolute Gasteiger partial charge is 0.422 e. The highest BCUT2D eigenvalue weighted by Gasteiger charge is 2.33. The molecule has 0 unspecified atom stereocenters. The highest BCUT2D eigenvalue weighted by Crippen LogP contribution is 2.28. The molecular formula is C6H3F4NO. The first-order valence-electron chi connectivity index (χ1n) is 2.86. The molecule has 0 aliphatic carbocycles. The molecule has 0 amide bonds. The molecule has 0 fully saturated rings. The molecule has 0 atom stereocenters. The maximum Gasteiger partial charge on any atom is 0.422 e. The second kappa shape index (κ2) is 2.62. The van der Waals surface area contributed by atoms with E-state index in [4.69, 9.17) is 0 Å². The van der Waals surface area contributed by atoms with Gasteiger partial charge < -0.3 is 5.21 Å². The average molecular weight is 181 g/mol. The van der Waals surface area contributed by atoms with Gasteiger partial charge in [0.1, 0.15) is 5.56 Å². The van der Waals surface area contributed by atoms with Crippen LogP contribution >= 0.6 is 0 Å². The van der Waals surface area contributed by atoms with Crippen molar-refractivity contribution in [3.8, 4) is 0 Å². The topological polar surface area (TPSA) is 26.9 Å². The lowest BCUT2D eigenvalue weighted by Crippen LogP contribution is -2.28. The van der Waals surface area contributed by atoms with Crippen LogP contribution in [0.15, 0.2) is 18.5 Å². The Balaban J connectivity index is 3.18. The zero-order chi connectivity index (χ0) is 9.35. The normalized spacial score (nSPS) is 11.7. The predicted molar refractivity (Wildman–Crippen MR) is 30.4 cm³/mol. The van der Waals surface area contributed by atoms with E-state index < -0.39 is 17.6 Å². The van der Waals surface area contributed by atoms with Gasteiger partial charge in [0.05, 0.1) is 0 Å². The SMILES string of the molecule is [O-][n+]1cc(F)cc(C(F)(F)F)c1. The van der Waals surface area contributed by atoms with E-state index in [1.165, 1.54) is 0 Å². The molecule has 1 aromatic rings. The van der Waals surface area contributed by atoms with Gasteiger partial charge in [-0.1, -0.05) is 0 Å². The molecule has 0 bridgehead atoms.